The Balaban J connectivity index is 1.90. The molecular formula is C16H20N6O2. The maximum absolute atomic E-state index is 13.0. The van der Waals surface area contributed by atoms with Gasteiger partial charge in [-0.25, -0.2) is 9.48 Å². The van der Waals surface area contributed by atoms with Crippen LogP contribution < -0.4 is 5.32 Å². The summed E-state index contributed by atoms with van der Waals surface area (Å²) in [5.41, 5.74) is -0.247. The Morgan fingerprint density at radius 1 is 1.17 bits per heavy atom. The van der Waals surface area contributed by atoms with Crippen molar-refractivity contribution >= 4 is 11.9 Å². The Morgan fingerprint density at radius 2 is 1.92 bits per heavy atom. The molecule has 2 heterocycles. The summed E-state index contributed by atoms with van der Waals surface area (Å²) in [7, 11) is 0. The van der Waals surface area contributed by atoms with Gasteiger partial charge >= 0.3 is 6.03 Å². The average molecular weight is 328 g/mol. The molecule has 0 aliphatic carbocycles. The number of amides is 3. The van der Waals surface area contributed by atoms with E-state index in [1.807, 2.05) is 44.2 Å². The second-order valence-electron chi connectivity index (χ2n) is 5.76. The normalized spacial score (nSPS) is 20.5. The van der Waals surface area contributed by atoms with Crippen LogP contribution in [0.2, 0.25) is 0 Å². The molecule has 1 N–H and O–H groups in total. The number of aromatic nitrogens is 4. The standard InChI is InChI=1S/C16H20N6O2/c1-3-10-22-13(18-19-20-22)11-21-14(23)16(4-2,17-15(21)24)12-8-6-5-7-9-12/h5-9H,3-4,10-11H2,1-2H3,(H,17,24)/t16-/m1/s1. The van der Waals surface area contributed by atoms with Crippen molar-refractivity contribution in [3.05, 3.63) is 41.7 Å². The second-order valence-corrected chi connectivity index (χ2v) is 5.76. The molecule has 0 saturated carbocycles. The lowest BCUT2D eigenvalue weighted by Crippen LogP contribution is -2.43. The van der Waals surface area contributed by atoms with Crippen LogP contribution in [0.1, 0.15) is 38.1 Å². The van der Waals surface area contributed by atoms with Gasteiger partial charge in [0, 0.05) is 6.54 Å². The zero-order chi connectivity index (χ0) is 17.2. The highest BCUT2D eigenvalue weighted by Crippen LogP contribution is 2.32. The van der Waals surface area contributed by atoms with Gasteiger partial charge in [0.25, 0.3) is 5.91 Å². The number of nitrogens with one attached hydrogen (secondary N) is 1. The first kappa shape index (κ1) is 16.1. The monoisotopic (exact) mass is 328 g/mol. The van der Waals surface area contributed by atoms with E-state index in [9.17, 15) is 9.59 Å². The van der Waals surface area contributed by atoms with Gasteiger partial charge in [-0.3, -0.25) is 9.69 Å². The lowest BCUT2D eigenvalue weighted by molar-refractivity contribution is -0.132. The fraction of sp³-hybridized carbons (Fsp3) is 0.438. The van der Waals surface area contributed by atoms with E-state index in [0.29, 0.717) is 18.8 Å². The van der Waals surface area contributed by atoms with Crippen LogP contribution in [0, 0.1) is 0 Å². The van der Waals surface area contributed by atoms with Crippen LogP contribution in [-0.2, 0) is 23.4 Å². The number of imide groups is 1. The van der Waals surface area contributed by atoms with Crippen molar-refractivity contribution in [2.24, 2.45) is 0 Å². The summed E-state index contributed by atoms with van der Waals surface area (Å²) >= 11 is 0. The third-order valence-electron chi connectivity index (χ3n) is 4.31. The first-order chi connectivity index (χ1) is 11.6. The molecule has 0 bridgehead atoms. The van der Waals surface area contributed by atoms with Gasteiger partial charge in [-0.15, -0.1) is 5.10 Å². The number of nitrogens with zero attached hydrogens (tertiary/aromatic N) is 5. The Morgan fingerprint density at radius 3 is 2.58 bits per heavy atom. The van der Waals surface area contributed by atoms with Crippen LogP contribution in [0.4, 0.5) is 4.79 Å². The molecule has 0 unspecified atom stereocenters. The van der Waals surface area contributed by atoms with Crippen molar-refractivity contribution in [2.75, 3.05) is 0 Å². The van der Waals surface area contributed by atoms with Crippen LogP contribution in [0.5, 0.6) is 0 Å². The molecule has 0 spiro atoms. The highest BCUT2D eigenvalue weighted by molar-refractivity contribution is 6.07. The molecule has 3 amide bonds. The van der Waals surface area contributed by atoms with Gasteiger partial charge < -0.3 is 5.32 Å². The number of tetrazole rings is 1. The lowest BCUT2D eigenvalue weighted by atomic mass is 9.87. The summed E-state index contributed by atoms with van der Waals surface area (Å²) in [5, 5.41) is 14.3. The SMILES string of the molecule is CCCn1nnnc1CN1C(=O)N[C@](CC)(c2ccccc2)C1=O. The molecule has 1 saturated heterocycles. The predicted octanol–water partition coefficient (Wildman–Crippen LogP) is 1.44. The Bertz CT molecular complexity index is 744. The molecule has 126 valence electrons. The summed E-state index contributed by atoms with van der Waals surface area (Å²) < 4.78 is 1.62. The first-order valence-electron chi connectivity index (χ1n) is 8.07. The number of hydrogen-bond acceptors (Lipinski definition) is 5. The van der Waals surface area contributed by atoms with E-state index in [1.165, 1.54) is 4.90 Å². The number of carbonyl (C=O) groups is 2. The zero-order valence-electron chi connectivity index (χ0n) is 13.8. The van der Waals surface area contributed by atoms with E-state index in [-0.39, 0.29) is 12.5 Å². The van der Waals surface area contributed by atoms with Gasteiger partial charge in [0.05, 0.1) is 6.54 Å². The molecule has 1 aromatic heterocycles. The topological polar surface area (TPSA) is 93.0 Å². The zero-order valence-corrected chi connectivity index (χ0v) is 13.8. The van der Waals surface area contributed by atoms with Crippen LogP contribution in [0.15, 0.2) is 30.3 Å². The molecule has 1 atom stereocenters. The molecular weight excluding hydrogens is 308 g/mol. The van der Waals surface area contributed by atoms with Crippen molar-refractivity contribution in [3.63, 3.8) is 0 Å². The number of rotatable bonds is 6. The quantitative estimate of drug-likeness (QED) is 0.810. The Labute approximate surface area is 139 Å². The number of benzene rings is 1. The van der Waals surface area contributed by atoms with Crippen molar-refractivity contribution in [1.82, 2.24) is 30.4 Å². The lowest BCUT2D eigenvalue weighted by Gasteiger charge is -2.25. The number of carbonyl (C=O) groups excluding carboxylic acids is 2. The maximum Gasteiger partial charge on any atom is 0.325 e. The van der Waals surface area contributed by atoms with Crippen molar-refractivity contribution < 1.29 is 9.59 Å². The molecule has 8 nitrogen and oxygen atoms in total. The summed E-state index contributed by atoms with van der Waals surface area (Å²) in [5.74, 6) is 0.229. The fourth-order valence-corrected chi connectivity index (χ4v) is 3.00. The van der Waals surface area contributed by atoms with E-state index in [1.54, 1.807) is 4.68 Å². The van der Waals surface area contributed by atoms with Gasteiger partial charge in [-0.05, 0) is 28.8 Å². The molecule has 24 heavy (non-hydrogen) atoms. The molecule has 2 aromatic rings. The minimum absolute atomic E-state index is 0.0618. The van der Waals surface area contributed by atoms with Crippen LogP contribution >= 0.6 is 0 Å². The van der Waals surface area contributed by atoms with Crippen molar-refractivity contribution in [3.8, 4) is 0 Å². The third kappa shape index (κ3) is 2.53. The smallest absolute Gasteiger partial charge is 0.319 e. The number of hydrogen-bond donors (Lipinski definition) is 1. The third-order valence-corrected chi connectivity index (χ3v) is 4.31. The van der Waals surface area contributed by atoms with Gasteiger partial charge in [-0.1, -0.05) is 44.2 Å². The largest absolute Gasteiger partial charge is 0.325 e. The van der Waals surface area contributed by atoms with Crippen molar-refractivity contribution in [1.29, 1.82) is 0 Å². The Hall–Kier alpha value is -2.77. The first-order valence-corrected chi connectivity index (χ1v) is 8.07. The highest BCUT2D eigenvalue weighted by atomic mass is 16.2. The van der Waals surface area contributed by atoms with E-state index in [0.717, 1.165) is 12.0 Å². The summed E-state index contributed by atoms with van der Waals surface area (Å²) in [6.07, 6.45) is 1.33. The minimum atomic E-state index is -1.03. The van der Waals surface area contributed by atoms with E-state index in [4.69, 9.17) is 0 Å². The van der Waals surface area contributed by atoms with E-state index in [2.05, 4.69) is 20.8 Å². The molecule has 1 aromatic carbocycles. The summed E-state index contributed by atoms with van der Waals surface area (Å²) in [6, 6.07) is 8.88. The van der Waals surface area contributed by atoms with E-state index < -0.39 is 11.6 Å². The number of urea groups is 1. The summed E-state index contributed by atoms with van der Waals surface area (Å²) in [6.45, 7) is 4.60. The van der Waals surface area contributed by atoms with Gasteiger partial charge in [-0.2, -0.15) is 0 Å². The average Bonchev–Trinajstić information content (AvgIpc) is 3.14. The van der Waals surface area contributed by atoms with Gasteiger partial charge in [0.2, 0.25) is 0 Å². The summed E-state index contributed by atoms with van der Waals surface area (Å²) in [4.78, 5) is 26.7. The van der Waals surface area contributed by atoms with Crippen LogP contribution in [0.3, 0.4) is 0 Å². The second kappa shape index (κ2) is 6.38. The van der Waals surface area contributed by atoms with Crippen LogP contribution in [0.25, 0.3) is 0 Å². The molecule has 1 fully saturated rings. The Kier molecular flexibility index (Phi) is 4.28. The van der Waals surface area contributed by atoms with E-state index >= 15 is 0 Å². The molecule has 1 aliphatic heterocycles. The molecule has 1 aliphatic rings. The predicted molar refractivity (Wildman–Crippen MR) is 85.6 cm³/mol. The van der Waals surface area contributed by atoms with Crippen molar-refractivity contribution in [2.45, 2.75) is 45.3 Å². The fourth-order valence-electron chi connectivity index (χ4n) is 3.00. The van der Waals surface area contributed by atoms with Gasteiger partial charge in [0.15, 0.2) is 5.82 Å². The van der Waals surface area contributed by atoms with Gasteiger partial charge in [0.1, 0.15) is 5.54 Å². The molecule has 0 radical (unpaired) electrons. The number of aryl methyl sites for hydroxylation is 1. The maximum atomic E-state index is 13.0. The van der Waals surface area contributed by atoms with Crippen LogP contribution in [-0.4, -0.2) is 37.0 Å². The molecule has 3 rings (SSSR count). The highest BCUT2D eigenvalue weighted by Gasteiger charge is 2.51. The minimum Gasteiger partial charge on any atom is -0.319 e. The molecule has 8 heteroatoms.